The van der Waals surface area contributed by atoms with Crippen molar-refractivity contribution < 1.29 is 14.2 Å². The fraction of sp³-hybridized carbons (Fsp3) is 0.600. The van der Waals surface area contributed by atoms with Gasteiger partial charge in [-0.2, -0.15) is 0 Å². The van der Waals surface area contributed by atoms with Crippen molar-refractivity contribution in [3.05, 3.63) is 16.1 Å². The molecule has 0 unspecified atom stereocenters. The zero-order valence-electron chi connectivity index (χ0n) is 12.3. The summed E-state index contributed by atoms with van der Waals surface area (Å²) in [6.45, 7) is 0. The van der Waals surface area contributed by atoms with E-state index in [1.807, 2.05) is 6.07 Å². The van der Waals surface area contributed by atoms with E-state index in [1.165, 1.54) is 6.42 Å². The molecule has 1 saturated carbocycles. The van der Waals surface area contributed by atoms with E-state index in [2.05, 4.69) is 15.9 Å². The van der Waals surface area contributed by atoms with E-state index in [4.69, 9.17) is 19.9 Å². The first-order chi connectivity index (χ1) is 9.57. The Morgan fingerprint density at radius 2 is 1.60 bits per heavy atom. The van der Waals surface area contributed by atoms with Crippen molar-refractivity contribution >= 4 is 15.9 Å². The van der Waals surface area contributed by atoms with Gasteiger partial charge in [0.05, 0.1) is 21.3 Å². The highest BCUT2D eigenvalue weighted by Crippen LogP contribution is 2.50. The third kappa shape index (κ3) is 2.61. The van der Waals surface area contributed by atoms with Crippen LogP contribution in [0.4, 0.5) is 0 Å². The van der Waals surface area contributed by atoms with E-state index < -0.39 is 0 Å². The van der Waals surface area contributed by atoms with Crippen molar-refractivity contribution in [1.29, 1.82) is 0 Å². The Kier molecular flexibility index (Phi) is 4.81. The SMILES string of the molecule is COc1cc(Br)c(C2(N)CCCCC2)c(OC)c1OC. The van der Waals surface area contributed by atoms with E-state index in [0.29, 0.717) is 17.2 Å². The van der Waals surface area contributed by atoms with Gasteiger partial charge >= 0.3 is 0 Å². The van der Waals surface area contributed by atoms with E-state index in [-0.39, 0.29) is 5.54 Å². The molecule has 1 aromatic rings. The molecule has 0 spiro atoms. The van der Waals surface area contributed by atoms with Crippen LogP contribution in [0.3, 0.4) is 0 Å². The molecule has 5 heteroatoms. The predicted molar refractivity (Wildman–Crippen MR) is 82.7 cm³/mol. The Bertz CT molecular complexity index is 484. The number of rotatable bonds is 4. The fourth-order valence-corrected chi connectivity index (χ4v) is 3.81. The number of benzene rings is 1. The molecular weight excluding hydrogens is 322 g/mol. The zero-order chi connectivity index (χ0) is 14.8. The Morgan fingerprint density at radius 3 is 2.10 bits per heavy atom. The van der Waals surface area contributed by atoms with Crippen LogP contribution >= 0.6 is 15.9 Å². The number of hydrogen-bond acceptors (Lipinski definition) is 4. The van der Waals surface area contributed by atoms with Crippen molar-refractivity contribution in [2.45, 2.75) is 37.6 Å². The second-order valence-corrected chi connectivity index (χ2v) is 6.07. The second-order valence-electron chi connectivity index (χ2n) is 5.22. The Balaban J connectivity index is 2.62. The van der Waals surface area contributed by atoms with Gasteiger partial charge in [0.25, 0.3) is 0 Å². The van der Waals surface area contributed by atoms with Crippen LogP contribution in [-0.2, 0) is 5.54 Å². The molecule has 0 aromatic heterocycles. The van der Waals surface area contributed by atoms with Gasteiger partial charge in [0.2, 0.25) is 5.75 Å². The van der Waals surface area contributed by atoms with Gasteiger partial charge < -0.3 is 19.9 Å². The minimum Gasteiger partial charge on any atom is -0.493 e. The number of ether oxygens (including phenoxy) is 3. The molecular formula is C15H22BrNO3. The van der Waals surface area contributed by atoms with Gasteiger partial charge in [-0.05, 0) is 18.9 Å². The smallest absolute Gasteiger partial charge is 0.203 e. The number of halogens is 1. The van der Waals surface area contributed by atoms with E-state index in [1.54, 1.807) is 21.3 Å². The third-order valence-corrected chi connectivity index (χ3v) is 4.65. The van der Waals surface area contributed by atoms with Crippen LogP contribution in [0.5, 0.6) is 17.2 Å². The number of nitrogens with two attached hydrogens (primary N) is 1. The number of hydrogen-bond donors (Lipinski definition) is 1. The summed E-state index contributed by atoms with van der Waals surface area (Å²) in [7, 11) is 4.86. The molecule has 112 valence electrons. The lowest BCUT2D eigenvalue weighted by molar-refractivity contribution is 0.276. The van der Waals surface area contributed by atoms with Gasteiger partial charge in [0, 0.05) is 15.6 Å². The van der Waals surface area contributed by atoms with Crippen LogP contribution in [0.1, 0.15) is 37.7 Å². The Morgan fingerprint density at radius 1 is 1.00 bits per heavy atom. The summed E-state index contributed by atoms with van der Waals surface area (Å²) >= 11 is 3.62. The maximum Gasteiger partial charge on any atom is 0.203 e. The average Bonchev–Trinajstić information content (AvgIpc) is 2.46. The third-order valence-electron chi connectivity index (χ3n) is 4.03. The largest absolute Gasteiger partial charge is 0.493 e. The predicted octanol–water partition coefficient (Wildman–Crippen LogP) is 3.59. The van der Waals surface area contributed by atoms with Gasteiger partial charge in [0.1, 0.15) is 0 Å². The highest BCUT2D eigenvalue weighted by atomic mass is 79.9. The van der Waals surface area contributed by atoms with Crippen molar-refractivity contribution in [3.8, 4) is 17.2 Å². The molecule has 0 atom stereocenters. The van der Waals surface area contributed by atoms with Gasteiger partial charge in [-0.15, -0.1) is 0 Å². The Hall–Kier alpha value is -0.940. The van der Waals surface area contributed by atoms with Crippen LogP contribution in [0.15, 0.2) is 10.5 Å². The second kappa shape index (κ2) is 6.22. The summed E-state index contributed by atoms with van der Waals surface area (Å²) in [5.74, 6) is 1.91. The molecule has 0 bridgehead atoms. The summed E-state index contributed by atoms with van der Waals surface area (Å²) in [6, 6.07) is 1.90. The maximum atomic E-state index is 6.67. The van der Waals surface area contributed by atoms with Gasteiger partial charge in [0.15, 0.2) is 11.5 Å². The quantitative estimate of drug-likeness (QED) is 0.907. The topological polar surface area (TPSA) is 53.7 Å². The minimum atomic E-state index is -0.373. The summed E-state index contributed by atoms with van der Waals surface area (Å²) in [5.41, 5.74) is 7.28. The standard InChI is InChI=1S/C15H22BrNO3/c1-18-11-9-10(16)12(14(20-3)13(11)19-2)15(17)7-5-4-6-8-15/h9H,4-8,17H2,1-3H3. The van der Waals surface area contributed by atoms with Crippen molar-refractivity contribution in [2.24, 2.45) is 5.73 Å². The molecule has 1 aromatic carbocycles. The van der Waals surface area contributed by atoms with Crippen molar-refractivity contribution in [2.75, 3.05) is 21.3 Å². The maximum absolute atomic E-state index is 6.67. The first kappa shape index (κ1) is 15.4. The summed E-state index contributed by atoms with van der Waals surface area (Å²) < 4.78 is 17.3. The van der Waals surface area contributed by atoms with Crippen LogP contribution < -0.4 is 19.9 Å². The molecule has 0 saturated heterocycles. The molecule has 2 N–H and O–H groups in total. The molecule has 4 nitrogen and oxygen atoms in total. The highest BCUT2D eigenvalue weighted by Gasteiger charge is 2.36. The zero-order valence-corrected chi connectivity index (χ0v) is 13.9. The van der Waals surface area contributed by atoms with E-state index in [9.17, 15) is 0 Å². The van der Waals surface area contributed by atoms with Crippen LogP contribution in [-0.4, -0.2) is 21.3 Å². The van der Waals surface area contributed by atoms with Gasteiger partial charge in [-0.3, -0.25) is 0 Å². The lowest BCUT2D eigenvalue weighted by atomic mass is 9.77. The normalized spacial score (nSPS) is 17.6. The monoisotopic (exact) mass is 343 g/mol. The number of methoxy groups -OCH3 is 3. The molecule has 1 fully saturated rings. The molecule has 2 rings (SSSR count). The van der Waals surface area contributed by atoms with Crippen LogP contribution in [0, 0.1) is 0 Å². The van der Waals surface area contributed by atoms with Crippen molar-refractivity contribution in [3.63, 3.8) is 0 Å². The molecule has 0 amide bonds. The molecule has 1 aliphatic carbocycles. The lowest BCUT2D eigenvalue weighted by Crippen LogP contribution is -2.39. The molecule has 1 aliphatic rings. The lowest BCUT2D eigenvalue weighted by Gasteiger charge is -2.36. The van der Waals surface area contributed by atoms with Gasteiger partial charge in [-0.1, -0.05) is 35.2 Å². The van der Waals surface area contributed by atoms with Crippen LogP contribution in [0.2, 0.25) is 0 Å². The molecule has 0 heterocycles. The van der Waals surface area contributed by atoms with E-state index >= 15 is 0 Å². The highest BCUT2D eigenvalue weighted by molar-refractivity contribution is 9.10. The van der Waals surface area contributed by atoms with Crippen LogP contribution in [0.25, 0.3) is 0 Å². The first-order valence-corrected chi connectivity index (χ1v) is 7.64. The molecule has 0 radical (unpaired) electrons. The van der Waals surface area contributed by atoms with E-state index in [0.717, 1.165) is 35.7 Å². The minimum absolute atomic E-state index is 0.373. The first-order valence-electron chi connectivity index (χ1n) is 6.85. The summed E-state index contributed by atoms with van der Waals surface area (Å²) in [4.78, 5) is 0. The fourth-order valence-electron chi connectivity index (χ4n) is 3.02. The van der Waals surface area contributed by atoms with Gasteiger partial charge in [-0.25, -0.2) is 0 Å². The molecule has 20 heavy (non-hydrogen) atoms. The average molecular weight is 344 g/mol. The van der Waals surface area contributed by atoms with Crippen molar-refractivity contribution in [1.82, 2.24) is 0 Å². The Labute approximate surface area is 128 Å². The molecule has 0 aliphatic heterocycles. The summed E-state index contributed by atoms with van der Waals surface area (Å²) in [6.07, 6.45) is 5.43. The summed E-state index contributed by atoms with van der Waals surface area (Å²) in [5, 5.41) is 0.